The third kappa shape index (κ3) is 2.30. The van der Waals surface area contributed by atoms with Gasteiger partial charge in [-0.3, -0.25) is 0 Å². The van der Waals surface area contributed by atoms with Crippen LogP contribution >= 0.6 is 0 Å². The second-order valence-corrected chi connectivity index (χ2v) is 6.54. The molecule has 4 nitrogen and oxygen atoms in total. The molecular formula is C8H13NO3S. The van der Waals surface area contributed by atoms with Crippen LogP contribution in [0, 0.1) is 0 Å². The Morgan fingerprint density at radius 1 is 1.46 bits per heavy atom. The topological polar surface area (TPSA) is 60.2 Å². The molecule has 0 N–H and O–H groups in total. The van der Waals surface area contributed by atoms with Crippen LogP contribution < -0.4 is 0 Å². The summed E-state index contributed by atoms with van der Waals surface area (Å²) >= 11 is 0. The van der Waals surface area contributed by atoms with Crippen molar-refractivity contribution in [2.45, 2.75) is 31.3 Å². The van der Waals surface area contributed by atoms with Gasteiger partial charge in [-0.25, -0.2) is 13.4 Å². The number of sulfone groups is 1. The van der Waals surface area contributed by atoms with Crippen molar-refractivity contribution in [2.24, 2.45) is 0 Å². The Kier molecular flexibility index (Phi) is 2.47. The van der Waals surface area contributed by atoms with Gasteiger partial charge in [-0.05, 0) is 20.8 Å². The minimum absolute atomic E-state index is 0.135. The third-order valence-electron chi connectivity index (χ3n) is 1.73. The minimum atomic E-state index is -3.18. The van der Waals surface area contributed by atoms with E-state index in [1.807, 2.05) is 0 Å². The minimum Gasteiger partial charge on any atom is -0.448 e. The van der Waals surface area contributed by atoms with Crippen LogP contribution in [0.4, 0.5) is 0 Å². The first-order valence-corrected chi connectivity index (χ1v) is 5.59. The normalized spacial score (nSPS) is 13.2. The maximum absolute atomic E-state index is 11.6. The Morgan fingerprint density at radius 2 is 2.08 bits per heavy atom. The molecule has 0 atom stereocenters. The van der Waals surface area contributed by atoms with Gasteiger partial charge >= 0.3 is 0 Å². The molecule has 1 rings (SSSR count). The van der Waals surface area contributed by atoms with E-state index in [0.717, 1.165) is 0 Å². The smallest absolute Gasteiger partial charge is 0.209 e. The van der Waals surface area contributed by atoms with Crippen LogP contribution in [0.25, 0.3) is 0 Å². The zero-order valence-corrected chi connectivity index (χ0v) is 8.76. The molecule has 0 saturated carbocycles. The largest absolute Gasteiger partial charge is 0.448 e. The van der Waals surface area contributed by atoms with E-state index < -0.39 is 14.6 Å². The molecule has 0 aliphatic carbocycles. The van der Waals surface area contributed by atoms with Crippen molar-refractivity contribution in [1.82, 2.24) is 4.98 Å². The molecule has 0 aliphatic heterocycles. The Bertz CT molecular complexity index is 359. The summed E-state index contributed by atoms with van der Waals surface area (Å²) in [5.74, 6) is 0.110. The van der Waals surface area contributed by atoms with Gasteiger partial charge in [0, 0.05) is 0 Å². The molecule has 0 aliphatic rings. The van der Waals surface area contributed by atoms with Crippen LogP contribution in [-0.4, -0.2) is 18.1 Å². The van der Waals surface area contributed by atoms with E-state index in [-0.39, 0.29) is 11.6 Å². The van der Waals surface area contributed by atoms with Crippen molar-refractivity contribution < 1.29 is 12.8 Å². The molecule has 1 heterocycles. The van der Waals surface area contributed by atoms with Gasteiger partial charge in [-0.1, -0.05) is 0 Å². The molecule has 0 unspecified atom stereocenters. The van der Waals surface area contributed by atoms with Gasteiger partial charge in [-0.2, -0.15) is 0 Å². The number of nitrogens with zero attached hydrogens (tertiary/aromatic N) is 1. The second kappa shape index (κ2) is 3.14. The van der Waals surface area contributed by atoms with Crippen LogP contribution in [0.5, 0.6) is 0 Å². The lowest BCUT2D eigenvalue weighted by molar-refractivity contribution is 0.501. The molecule has 5 heteroatoms. The molecule has 0 bridgehead atoms. The number of aromatic nitrogens is 1. The standard InChI is InChI=1S/C8H13NO3S/c1-8(2,3)13(10,11)6-7-9-4-5-12-7/h4-5H,6H2,1-3H3. The van der Waals surface area contributed by atoms with Crippen LogP contribution in [-0.2, 0) is 15.6 Å². The zero-order chi connectivity index (χ0) is 10.1. The molecule has 0 saturated heterocycles. The van der Waals surface area contributed by atoms with E-state index in [1.165, 1.54) is 12.5 Å². The lowest BCUT2D eigenvalue weighted by atomic mass is 10.3. The fourth-order valence-corrected chi connectivity index (χ4v) is 1.60. The zero-order valence-electron chi connectivity index (χ0n) is 7.94. The average Bonchev–Trinajstić information content (AvgIpc) is 2.35. The summed E-state index contributed by atoms with van der Waals surface area (Å²) in [6.45, 7) is 4.97. The molecule has 1 aromatic rings. The molecule has 13 heavy (non-hydrogen) atoms. The molecule has 0 fully saturated rings. The lowest BCUT2D eigenvalue weighted by Crippen LogP contribution is -2.29. The first-order valence-electron chi connectivity index (χ1n) is 3.93. The average molecular weight is 203 g/mol. The van der Waals surface area contributed by atoms with E-state index in [4.69, 9.17) is 4.42 Å². The maximum Gasteiger partial charge on any atom is 0.209 e. The molecule has 1 aromatic heterocycles. The third-order valence-corrected chi connectivity index (χ3v) is 4.22. The highest BCUT2D eigenvalue weighted by Crippen LogP contribution is 2.19. The molecular weight excluding hydrogens is 190 g/mol. The summed E-state index contributed by atoms with van der Waals surface area (Å²) in [5.41, 5.74) is 0. The van der Waals surface area contributed by atoms with Gasteiger partial charge in [0.25, 0.3) is 0 Å². The molecule has 0 amide bonds. The van der Waals surface area contributed by atoms with Crippen molar-refractivity contribution in [2.75, 3.05) is 0 Å². The molecule has 74 valence electrons. The Labute approximate surface area is 77.9 Å². The fourth-order valence-electron chi connectivity index (χ4n) is 0.703. The van der Waals surface area contributed by atoms with E-state index in [2.05, 4.69) is 4.98 Å². The summed E-state index contributed by atoms with van der Waals surface area (Å²) in [6.07, 6.45) is 2.81. The predicted octanol–water partition coefficient (Wildman–Crippen LogP) is 1.39. The molecule has 0 spiro atoms. The quantitative estimate of drug-likeness (QED) is 0.728. The SMILES string of the molecule is CC(C)(C)S(=O)(=O)Cc1ncco1. The summed E-state index contributed by atoms with van der Waals surface area (Å²) in [4.78, 5) is 3.77. The highest BCUT2D eigenvalue weighted by atomic mass is 32.2. The number of rotatable bonds is 2. The lowest BCUT2D eigenvalue weighted by Gasteiger charge is -2.17. The van der Waals surface area contributed by atoms with Crippen LogP contribution in [0.2, 0.25) is 0 Å². The van der Waals surface area contributed by atoms with Crippen molar-refractivity contribution in [1.29, 1.82) is 0 Å². The van der Waals surface area contributed by atoms with E-state index >= 15 is 0 Å². The van der Waals surface area contributed by atoms with Crippen molar-refractivity contribution in [3.8, 4) is 0 Å². The fraction of sp³-hybridized carbons (Fsp3) is 0.625. The highest BCUT2D eigenvalue weighted by molar-refractivity contribution is 7.91. The first-order chi connectivity index (χ1) is 5.83. The van der Waals surface area contributed by atoms with E-state index in [0.29, 0.717) is 0 Å². The number of hydrogen-bond donors (Lipinski definition) is 0. The van der Waals surface area contributed by atoms with Gasteiger partial charge in [0.15, 0.2) is 9.84 Å². The monoisotopic (exact) mass is 203 g/mol. The Morgan fingerprint density at radius 3 is 2.46 bits per heavy atom. The van der Waals surface area contributed by atoms with Gasteiger partial charge in [0.05, 0.1) is 10.9 Å². The van der Waals surface area contributed by atoms with Crippen molar-refractivity contribution >= 4 is 9.84 Å². The molecule has 0 radical (unpaired) electrons. The Hall–Kier alpha value is -0.840. The second-order valence-electron chi connectivity index (χ2n) is 3.80. The van der Waals surface area contributed by atoms with Crippen LogP contribution in [0.3, 0.4) is 0 Å². The summed E-state index contributed by atoms with van der Waals surface area (Å²) in [6, 6.07) is 0. The predicted molar refractivity (Wildman–Crippen MR) is 48.9 cm³/mol. The van der Waals surface area contributed by atoms with Crippen LogP contribution in [0.15, 0.2) is 16.9 Å². The number of oxazole rings is 1. The van der Waals surface area contributed by atoms with Crippen molar-refractivity contribution in [3.63, 3.8) is 0 Å². The maximum atomic E-state index is 11.6. The van der Waals surface area contributed by atoms with Crippen LogP contribution in [0.1, 0.15) is 26.7 Å². The summed E-state index contributed by atoms with van der Waals surface area (Å²) in [7, 11) is -3.18. The summed E-state index contributed by atoms with van der Waals surface area (Å²) < 4.78 is 27.4. The summed E-state index contributed by atoms with van der Waals surface area (Å²) in [5, 5.41) is 0. The number of hydrogen-bond acceptors (Lipinski definition) is 4. The first kappa shape index (κ1) is 10.2. The molecule has 0 aromatic carbocycles. The van der Waals surface area contributed by atoms with Gasteiger partial charge in [0.1, 0.15) is 12.0 Å². The van der Waals surface area contributed by atoms with Crippen molar-refractivity contribution in [3.05, 3.63) is 18.4 Å². The Balaban J connectivity index is 2.87. The van der Waals surface area contributed by atoms with Gasteiger partial charge in [-0.15, -0.1) is 0 Å². The van der Waals surface area contributed by atoms with Gasteiger partial charge in [0.2, 0.25) is 5.89 Å². The highest BCUT2D eigenvalue weighted by Gasteiger charge is 2.30. The van der Waals surface area contributed by atoms with E-state index in [9.17, 15) is 8.42 Å². The van der Waals surface area contributed by atoms with Gasteiger partial charge < -0.3 is 4.42 Å². The van der Waals surface area contributed by atoms with E-state index in [1.54, 1.807) is 20.8 Å².